The molecule has 5 heteroatoms. The van der Waals surface area contributed by atoms with Crippen LogP contribution in [0.3, 0.4) is 0 Å². The van der Waals surface area contributed by atoms with Crippen molar-refractivity contribution in [3.05, 3.63) is 40.4 Å². The lowest BCUT2D eigenvalue weighted by Gasteiger charge is -2.11. The molecule has 0 atom stereocenters. The lowest BCUT2D eigenvalue weighted by molar-refractivity contribution is 0.628. The number of hydrogen-bond acceptors (Lipinski definition) is 3. The maximum Gasteiger partial charge on any atom is 0.132 e. The third-order valence-electron chi connectivity index (χ3n) is 2.63. The normalized spacial score (nSPS) is 10.5. The summed E-state index contributed by atoms with van der Waals surface area (Å²) in [6.45, 7) is 3.68. The molecular weight excluding hydrogens is 253 g/mol. The van der Waals surface area contributed by atoms with Crippen molar-refractivity contribution in [3.63, 3.8) is 0 Å². The Hall–Kier alpha value is -1.68. The molecule has 1 N–H and O–H groups in total. The molecular formula is C13H13ClFN3. The van der Waals surface area contributed by atoms with E-state index in [1.54, 1.807) is 20.0 Å². The van der Waals surface area contributed by atoms with Crippen molar-refractivity contribution < 1.29 is 4.39 Å². The van der Waals surface area contributed by atoms with Gasteiger partial charge in [0.1, 0.15) is 17.5 Å². The van der Waals surface area contributed by atoms with E-state index in [1.807, 2.05) is 6.92 Å². The first-order valence-corrected chi connectivity index (χ1v) is 5.88. The Kier molecular flexibility index (Phi) is 3.48. The summed E-state index contributed by atoms with van der Waals surface area (Å²) < 4.78 is 13.4. The van der Waals surface area contributed by atoms with E-state index in [1.165, 1.54) is 12.1 Å². The summed E-state index contributed by atoms with van der Waals surface area (Å²) >= 11 is 5.87. The Balaban J connectivity index is 2.66. The largest absolute Gasteiger partial charge is 0.373 e. The van der Waals surface area contributed by atoms with Crippen LogP contribution in [0.4, 0.5) is 10.2 Å². The lowest BCUT2D eigenvalue weighted by atomic mass is 10.1. The molecule has 0 spiro atoms. The van der Waals surface area contributed by atoms with Crippen LogP contribution in [-0.2, 0) is 0 Å². The summed E-state index contributed by atoms with van der Waals surface area (Å²) in [5, 5.41) is 3.35. The van der Waals surface area contributed by atoms with E-state index in [0.717, 1.165) is 11.4 Å². The van der Waals surface area contributed by atoms with Gasteiger partial charge in [-0.15, -0.1) is 0 Å². The summed E-state index contributed by atoms with van der Waals surface area (Å²) in [4.78, 5) is 8.63. The van der Waals surface area contributed by atoms with Crippen LogP contribution in [0.2, 0.25) is 5.02 Å². The van der Waals surface area contributed by atoms with Crippen LogP contribution >= 0.6 is 11.6 Å². The zero-order valence-corrected chi connectivity index (χ0v) is 11.1. The first kappa shape index (κ1) is 12.8. The number of nitrogens with one attached hydrogen (secondary N) is 1. The first-order valence-electron chi connectivity index (χ1n) is 5.50. The molecule has 0 unspecified atom stereocenters. The maximum absolute atomic E-state index is 13.4. The number of hydrogen-bond donors (Lipinski definition) is 1. The molecule has 94 valence electrons. The van der Waals surface area contributed by atoms with Gasteiger partial charge < -0.3 is 5.32 Å². The summed E-state index contributed by atoms with van der Waals surface area (Å²) in [7, 11) is 1.79. The van der Waals surface area contributed by atoms with Gasteiger partial charge >= 0.3 is 0 Å². The molecule has 0 saturated heterocycles. The van der Waals surface area contributed by atoms with Gasteiger partial charge in [0.2, 0.25) is 0 Å². The summed E-state index contributed by atoms with van der Waals surface area (Å²) in [6.07, 6.45) is 0. The van der Waals surface area contributed by atoms with Gasteiger partial charge in [-0.1, -0.05) is 11.6 Å². The third-order valence-corrected chi connectivity index (χ3v) is 2.85. The van der Waals surface area contributed by atoms with Crippen molar-refractivity contribution in [3.8, 4) is 11.3 Å². The van der Waals surface area contributed by atoms with Gasteiger partial charge in [-0.3, -0.25) is 0 Å². The molecule has 0 aliphatic carbocycles. The lowest BCUT2D eigenvalue weighted by Crippen LogP contribution is -2.02. The highest BCUT2D eigenvalue weighted by Gasteiger charge is 2.11. The molecule has 0 fully saturated rings. The number of anilines is 1. The Bertz CT molecular complexity index is 579. The van der Waals surface area contributed by atoms with Crippen LogP contribution in [0.1, 0.15) is 11.4 Å². The average Bonchev–Trinajstić information content (AvgIpc) is 2.30. The molecule has 1 aromatic carbocycles. The highest BCUT2D eigenvalue weighted by atomic mass is 35.5. The highest BCUT2D eigenvalue weighted by Crippen LogP contribution is 2.28. The number of halogens is 2. The number of rotatable bonds is 2. The molecule has 0 saturated carbocycles. The van der Waals surface area contributed by atoms with E-state index < -0.39 is 0 Å². The van der Waals surface area contributed by atoms with Gasteiger partial charge in [-0.25, -0.2) is 14.4 Å². The number of aromatic nitrogens is 2. The van der Waals surface area contributed by atoms with Gasteiger partial charge in [-0.2, -0.15) is 0 Å². The molecule has 0 amide bonds. The zero-order valence-electron chi connectivity index (χ0n) is 10.4. The van der Waals surface area contributed by atoms with E-state index >= 15 is 0 Å². The van der Waals surface area contributed by atoms with Crippen LogP contribution in [0, 0.1) is 19.7 Å². The minimum Gasteiger partial charge on any atom is -0.373 e. The minimum atomic E-state index is -0.376. The van der Waals surface area contributed by atoms with Crippen molar-refractivity contribution >= 4 is 17.4 Å². The van der Waals surface area contributed by atoms with Crippen LogP contribution in [-0.4, -0.2) is 17.0 Å². The van der Waals surface area contributed by atoms with Gasteiger partial charge in [0.15, 0.2) is 0 Å². The molecule has 3 nitrogen and oxygen atoms in total. The fourth-order valence-electron chi connectivity index (χ4n) is 1.84. The summed E-state index contributed by atoms with van der Waals surface area (Å²) in [5.41, 5.74) is 2.21. The molecule has 18 heavy (non-hydrogen) atoms. The second kappa shape index (κ2) is 4.90. The second-order valence-electron chi connectivity index (χ2n) is 4.00. The standard InChI is InChI=1S/C13H13ClFN3/c1-7-12(17-8(2)18-13(7)16-3)9-4-10(14)6-11(15)5-9/h4-6H,1-3H3,(H,16,17,18). The summed E-state index contributed by atoms with van der Waals surface area (Å²) in [5.74, 6) is 0.984. The number of aryl methyl sites for hydroxylation is 1. The molecule has 0 bridgehead atoms. The van der Waals surface area contributed by atoms with Crippen LogP contribution in [0.5, 0.6) is 0 Å². The van der Waals surface area contributed by atoms with Crippen molar-refractivity contribution in [2.45, 2.75) is 13.8 Å². The maximum atomic E-state index is 13.4. The van der Waals surface area contributed by atoms with Gasteiger partial charge in [0.25, 0.3) is 0 Å². The van der Waals surface area contributed by atoms with Gasteiger partial charge in [0, 0.05) is 23.2 Å². The van der Waals surface area contributed by atoms with Crippen LogP contribution in [0.15, 0.2) is 18.2 Å². The minimum absolute atomic E-state index is 0.353. The topological polar surface area (TPSA) is 37.8 Å². The van der Waals surface area contributed by atoms with Crippen LogP contribution < -0.4 is 5.32 Å². The first-order chi connectivity index (χ1) is 8.51. The quantitative estimate of drug-likeness (QED) is 0.902. The van der Waals surface area contributed by atoms with Crippen molar-refractivity contribution in [2.75, 3.05) is 12.4 Å². The van der Waals surface area contributed by atoms with Crippen LogP contribution in [0.25, 0.3) is 11.3 Å². The zero-order chi connectivity index (χ0) is 13.3. The number of nitrogens with zero attached hydrogens (tertiary/aromatic N) is 2. The van der Waals surface area contributed by atoms with E-state index in [4.69, 9.17) is 11.6 Å². The molecule has 0 radical (unpaired) electrons. The molecule has 1 aromatic heterocycles. The molecule has 0 aliphatic heterocycles. The Morgan fingerprint density at radius 1 is 1.17 bits per heavy atom. The van der Waals surface area contributed by atoms with Gasteiger partial charge in [-0.05, 0) is 32.0 Å². The molecule has 2 aromatic rings. The van der Waals surface area contributed by atoms with Crippen molar-refractivity contribution in [2.24, 2.45) is 0 Å². The fourth-order valence-corrected chi connectivity index (χ4v) is 2.07. The Labute approximate surface area is 110 Å². The monoisotopic (exact) mass is 265 g/mol. The van der Waals surface area contributed by atoms with E-state index in [-0.39, 0.29) is 5.82 Å². The molecule has 0 aliphatic rings. The predicted molar refractivity (Wildman–Crippen MR) is 71.5 cm³/mol. The van der Waals surface area contributed by atoms with E-state index in [9.17, 15) is 4.39 Å². The third kappa shape index (κ3) is 2.43. The average molecular weight is 266 g/mol. The second-order valence-corrected chi connectivity index (χ2v) is 4.44. The molecule has 2 rings (SSSR count). The van der Waals surface area contributed by atoms with E-state index in [2.05, 4.69) is 15.3 Å². The van der Waals surface area contributed by atoms with Crippen molar-refractivity contribution in [1.29, 1.82) is 0 Å². The molecule has 1 heterocycles. The highest BCUT2D eigenvalue weighted by molar-refractivity contribution is 6.30. The van der Waals surface area contributed by atoms with Crippen molar-refractivity contribution in [1.82, 2.24) is 9.97 Å². The SMILES string of the molecule is CNc1nc(C)nc(-c2cc(F)cc(Cl)c2)c1C. The smallest absolute Gasteiger partial charge is 0.132 e. The van der Waals surface area contributed by atoms with Gasteiger partial charge in [0.05, 0.1) is 5.69 Å². The number of benzene rings is 1. The summed E-state index contributed by atoms with van der Waals surface area (Å²) in [6, 6.07) is 4.38. The van der Waals surface area contributed by atoms with E-state index in [0.29, 0.717) is 22.1 Å². The Morgan fingerprint density at radius 3 is 2.50 bits per heavy atom. The Morgan fingerprint density at radius 2 is 1.89 bits per heavy atom. The fraction of sp³-hybridized carbons (Fsp3) is 0.231. The predicted octanol–water partition coefficient (Wildman–Crippen LogP) is 3.59.